The van der Waals surface area contributed by atoms with Gasteiger partial charge < -0.3 is 9.64 Å². The van der Waals surface area contributed by atoms with Gasteiger partial charge in [0.05, 0.1) is 30.0 Å². The quantitative estimate of drug-likeness (QED) is 0.644. The van der Waals surface area contributed by atoms with E-state index in [2.05, 4.69) is 5.10 Å². The van der Waals surface area contributed by atoms with Crippen molar-refractivity contribution in [2.45, 2.75) is 38.5 Å². The number of hydrogen-bond acceptors (Lipinski definition) is 5. The number of aromatic nitrogens is 2. The van der Waals surface area contributed by atoms with Crippen molar-refractivity contribution in [1.29, 1.82) is 0 Å². The molecule has 1 fully saturated rings. The Labute approximate surface area is 171 Å². The van der Waals surface area contributed by atoms with E-state index in [4.69, 9.17) is 4.74 Å². The molecule has 4 rings (SSSR count). The molecule has 0 saturated carbocycles. The number of thiophene rings is 1. The summed E-state index contributed by atoms with van der Waals surface area (Å²) < 4.78 is 6.94. The number of nitrogens with zero attached hydrogens (tertiary/aromatic N) is 2. The number of carbonyl (C=O) groups is 1. The van der Waals surface area contributed by atoms with Crippen LogP contribution in [0.1, 0.15) is 24.1 Å². The second-order valence-electron chi connectivity index (χ2n) is 7.18. The summed E-state index contributed by atoms with van der Waals surface area (Å²) in [6, 6.07) is 10.7. The second kappa shape index (κ2) is 8.75. The number of fused-ring (bicyclic) bond motifs is 1. The van der Waals surface area contributed by atoms with E-state index >= 15 is 0 Å². The number of H-pyrrole nitrogens is 1. The Hall–Kier alpha value is -2.71. The first-order valence-corrected chi connectivity index (χ1v) is 10.6. The first kappa shape index (κ1) is 19.6. The average Bonchev–Trinajstić information content (AvgIpc) is 3.43. The van der Waals surface area contributed by atoms with E-state index in [1.807, 2.05) is 17.5 Å². The van der Waals surface area contributed by atoms with Gasteiger partial charge in [-0.15, -0.1) is 11.3 Å². The van der Waals surface area contributed by atoms with E-state index < -0.39 is 0 Å². The third-order valence-corrected chi connectivity index (χ3v) is 6.02. The molecular weight excluding hydrogens is 390 g/mol. The van der Waals surface area contributed by atoms with Crippen LogP contribution in [0.15, 0.2) is 51.4 Å². The molecule has 1 unspecified atom stereocenters. The van der Waals surface area contributed by atoms with Gasteiger partial charge in [0, 0.05) is 24.4 Å². The highest BCUT2D eigenvalue weighted by molar-refractivity contribution is 7.09. The number of rotatable bonds is 7. The van der Waals surface area contributed by atoms with Crippen LogP contribution in [0.3, 0.4) is 0 Å². The Balaban J connectivity index is 1.50. The molecule has 1 amide bonds. The maximum atomic E-state index is 13.0. The summed E-state index contributed by atoms with van der Waals surface area (Å²) in [5, 5.41) is 5.30. The van der Waals surface area contributed by atoms with Crippen LogP contribution in [0.4, 0.5) is 0 Å². The zero-order chi connectivity index (χ0) is 20.2. The molecule has 1 aliphatic rings. The number of aryl methyl sites for hydroxylation is 1. The van der Waals surface area contributed by atoms with Crippen LogP contribution in [0.5, 0.6) is 0 Å². The second-order valence-corrected chi connectivity index (χ2v) is 8.21. The molecule has 29 heavy (non-hydrogen) atoms. The molecule has 7 nitrogen and oxygen atoms in total. The maximum absolute atomic E-state index is 13.0. The van der Waals surface area contributed by atoms with Crippen LogP contribution < -0.4 is 11.1 Å². The summed E-state index contributed by atoms with van der Waals surface area (Å²) in [4.78, 5) is 40.8. The lowest BCUT2D eigenvalue weighted by Crippen LogP contribution is -2.38. The van der Waals surface area contributed by atoms with Gasteiger partial charge in [-0.25, -0.2) is 4.68 Å². The number of ether oxygens (including phenoxy) is 1. The lowest BCUT2D eigenvalue weighted by atomic mass is 10.2. The lowest BCUT2D eigenvalue weighted by Gasteiger charge is -2.25. The van der Waals surface area contributed by atoms with Crippen molar-refractivity contribution in [3.8, 4) is 0 Å². The molecule has 3 heterocycles. The van der Waals surface area contributed by atoms with Gasteiger partial charge in [-0.05, 0) is 36.4 Å². The molecule has 0 radical (unpaired) electrons. The third-order valence-electron chi connectivity index (χ3n) is 5.16. The van der Waals surface area contributed by atoms with E-state index in [1.54, 1.807) is 40.5 Å². The van der Waals surface area contributed by atoms with Gasteiger partial charge in [-0.2, -0.15) is 0 Å². The Morgan fingerprint density at radius 3 is 2.76 bits per heavy atom. The normalized spacial score (nSPS) is 16.3. The minimum Gasteiger partial charge on any atom is -0.376 e. The van der Waals surface area contributed by atoms with Gasteiger partial charge >= 0.3 is 0 Å². The van der Waals surface area contributed by atoms with Crippen molar-refractivity contribution in [3.63, 3.8) is 0 Å². The number of nitrogens with one attached hydrogen (secondary N) is 1. The van der Waals surface area contributed by atoms with Crippen LogP contribution in [0.25, 0.3) is 10.8 Å². The molecule has 1 atom stereocenters. The standard InChI is InChI=1S/C21H23N3O4S/c25-19(23(13-15-5-3-11-28-15)14-16-6-4-12-29-16)9-10-24-21(27)18-8-2-1-7-17(18)20(26)22-24/h1-2,4,6-8,12,15H,3,5,9-11,13-14H2,(H,22,26). The summed E-state index contributed by atoms with van der Waals surface area (Å²) in [5.41, 5.74) is -0.626. The van der Waals surface area contributed by atoms with Crippen molar-refractivity contribution in [2.75, 3.05) is 13.2 Å². The molecule has 2 aromatic heterocycles. The van der Waals surface area contributed by atoms with Crippen LogP contribution >= 0.6 is 11.3 Å². The van der Waals surface area contributed by atoms with Crippen molar-refractivity contribution < 1.29 is 9.53 Å². The highest BCUT2D eigenvalue weighted by Gasteiger charge is 2.23. The summed E-state index contributed by atoms with van der Waals surface area (Å²) in [6.07, 6.45) is 2.15. The largest absolute Gasteiger partial charge is 0.376 e. The van der Waals surface area contributed by atoms with E-state index in [0.29, 0.717) is 23.9 Å². The molecule has 3 aromatic rings. The fraction of sp³-hybridized carbons (Fsp3) is 0.381. The molecule has 0 bridgehead atoms. The topological polar surface area (TPSA) is 84.4 Å². The molecule has 1 saturated heterocycles. The van der Waals surface area contributed by atoms with E-state index in [9.17, 15) is 14.4 Å². The van der Waals surface area contributed by atoms with Crippen LogP contribution in [0, 0.1) is 0 Å². The maximum Gasteiger partial charge on any atom is 0.273 e. The van der Waals surface area contributed by atoms with Gasteiger partial charge in [0.2, 0.25) is 5.91 Å². The average molecular weight is 413 g/mol. The highest BCUT2D eigenvalue weighted by atomic mass is 32.1. The number of benzene rings is 1. The third kappa shape index (κ3) is 4.49. The fourth-order valence-electron chi connectivity index (χ4n) is 3.65. The SMILES string of the molecule is O=C(CCn1[nH]c(=O)c2ccccc2c1=O)N(Cc1cccs1)CC1CCCO1. The van der Waals surface area contributed by atoms with E-state index in [1.165, 1.54) is 4.68 Å². The summed E-state index contributed by atoms with van der Waals surface area (Å²) >= 11 is 1.61. The molecular formula is C21H23N3O4S. The first-order chi connectivity index (χ1) is 14.1. The van der Waals surface area contributed by atoms with Crippen molar-refractivity contribution in [3.05, 3.63) is 67.4 Å². The minimum atomic E-state index is -0.331. The Bertz CT molecular complexity index is 1100. The molecule has 8 heteroatoms. The monoisotopic (exact) mass is 413 g/mol. The predicted octanol–water partition coefficient (Wildman–Crippen LogP) is 2.35. The van der Waals surface area contributed by atoms with Crippen LogP contribution in [0.2, 0.25) is 0 Å². The van der Waals surface area contributed by atoms with Gasteiger partial charge in [0.1, 0.15) is 0 Å². The van der Waals surface area contributed by atoms with Gasteiger partial charge in [0.15, 0.2) is 0 Å². The van der Waals surface area contributed by atoms with E-state index in [0.717, 1.165) is 24.3 Å². The smallest absolute Gasteiger partial charge is 0.273 e. The zero-order valence-corrected chi connectivity index (χ0v) is 16.8. The molecule has 1 N–H and O–H groups in total. The van der Waals surface area contributed by atoms with Crippen LogP contribution in [-0.2, 0) is 22.6 Å². The predicted molar refractivity (Wildman–Crippen MR) is 112 cm³/mol. The number of aromatic amines is 1. The van der Waals surface area contributed by atoms with Crippen LogP contribution in [-0.4, -0.2) is 39.8 Å². The first-order valence-electron chi connectivity index (χ1n) is 9.75. The number of carbonyl (C=O) groups excluding carboxylic acids is 1. The van der Waals surface area contributed by atoms with Crippen molar-refractivity contribution >= 4 is 28.0 Å². The van der Waals surface area contributed by atoms with Gasteiger partial charge in [-0.1, -0.05) is 18.2 Å². The van der Waals surface area contributed by atoms with Crippen molar-refractivity contribution in [1.82, 2.24) is 14.7 Å². The minimum absolute atomic E-state index is 0.0575. The number of hydrogen-bond donors (Lipinski definition) is 1. The van der Waals surface area contributed by atoms with Crippen molar-refractivity contribution in [2.24, 2.45) is 0 Å². The summed E-state index contributed by atoms with van der Waals surface area (Å²) in [5.74, 6) is -0.0604. The zero-order valence-electron chi connectivity index (χ0n) is 16.0. The molecule has 1 aromatic carbocycles. The van der Waals surface area contributed by atoms with E-state index in [-0.39, 0.29) is 36.1 Å². The molecule has 0 aliphatic carbocycles. The summed E-state index contributed by atoms with van der Waals surface area (Å²) in [6.45, 7) is 1.93. The Morgan fingerprint density at radius 1 is 1.21 bits per heavy atom. The van der Waals surface area contributed by atoms with Gasteiger partial charge in [-0.3, -0.25) is 19.5 Å². The Morgan fingerprint density at radius 2 is 2.03 bits per heavy atom. The molecule has 152 valence electrons. The number of amides is 1. The lowest BCUT2D eigenvalue weighted by molar-refractivity contribution is -0.133. The summed E-state index contributed by atoms with van der Waals surface area (Å²) in [7, 11) is 0. The molecule has 0 spiro atoms. The highest BCUT2D eigenvalue weighted by Crippen LogP contribution is 2.18. The Kier molecular flexibility index (Phi) is 5.92. The fourth-order valence-corrected chi connectivity index (χ4v) is 4.37. The van der Waals surface area contributed by atoms with Gasteiger partial charge in [0.25, 0.3) is 11.1 Å². The molecule has 1 aliphatic heterocycles.